The van der Waals surface area contributed by atoms with Crippen LogP contribution in [0.2, 0.25) is 5.02 Å². The summed E-state index contributed by atoms with van der Waals surface area (Å²) in [5.41, 5.74) is 5.18. The summed E-state index contributed by atoms with van der Waals surface area (Å²) in [6.45, 7) is 6.71. The van der Waals surface area contributed by atoms with Gasteiger partial charge in [0.2, 0.25) is 11.1 Å². The number of esters is 1. The van der Waals surface area contributed by atoms with Crippen molar-refractivity contribution >= 4 is 51.2 Å². The molecule has 1 aromatic heterocycles. The van der Waals surface area contributed by atoms with Crippen LogP contribution in [0.5, 0.6) is 11.5 Å². The lowest BCUT2D eigenvalue weighted by molar-refractivity contribution is -0.146. The van der Waals surface area contributed by atoms with Crippen LogP contribution >= 0.6 is 39.3 Å². The van der Waals surface area contributed by atoms with Crippen LogP contribution in [0.1, 0.15) is 74.2 Å². The SMILES string of the molecule is CCOc1cc(C2C(C(=O)OC3CCCCC3)=C(C)Nc3nc(SCc4ccccc4Cl)nn32)cc(Br)c1OCc1ccccc1C. The van der Waals surface area contributed by atoms with Gasteiger partial charge in [0, 0.05) is 16.5 Å². The molecule has 1 aliphatic heterocycles. The Kier molecular flexibility index (Phi) is 10.8. The number of nitrogens with zero attached hydrogens (tertiary/aromatic N) is 3. The maximum Gasteiger partial charge on any atom is 0.338 e. The number of carbonyl (C=O) groups excluding carboxylic acids is 1. The summed E-state index contributed by atoms with van der Waals surface area (Å²) in [6, 6.07) is 19.2. The normalized spacial score (nSPS) is 16.4. The lowest BCUT2D eigenvalue weighted by atomic mass is 9.94. The molecule has 1 unspecified atom stereocenters. The maximum atomic E-state index is 14.0. The van der Waals surface area contributed by atoms with E-state index in [1.807, 2.05) is 62.4 Å². The largest absolute Gasteiger partial charge is 0.490 e. The number of nitrogens with one attached hydrogen (secondary N) is 1. The minimum Gasteiger partial charge on any atom is -0.490 e. The third kappa shape index (κ3) is 7.66. The summed E-state index contributed by atoms with van der Waals surface area (Å²) in [6.07, 6.45) is 4.95. The molecule has 6 rings (SSSR count). The Morgan fingerprint density at radius 3 is 2.53 bits per heavy atom. The number of carbonyl (C=O) groups is 1. The number of halogens is 2. The molecular formula is C36H38BrClN4O4S. The minimum absolute atomic E-state index is 0.0981. The summed E-state index contributed by atoms with van der Waals surface area (Å²) in [7, 11) is 0. The first-order chi connectivity index (χ1) is 22.8. The van der Waals surface area contributed by atoms with Crippen molar-refractivity contribution in [1.29, 1.82) is 0 Å². The number of allylic oxidation sites excluding steroid dienone is 1. The van der Waals surface area contributed by atoms with Gasteiger partial charge >= 0.3 is 5.97 Å². The quantitative estimate of drug-likeness (QED) is 0.120. The number of fused-ring (bicyclic) bond motifs is 1. The molecule has 11 heteroatoms. The maximum absolute atomic E-state index is 14.0. The zero-order valence-corrected chi connectivity index (χ0v) is 29.9. The molecule has 0 radical (unpaired) electrons. The minimum atomic E-state index is -0.620. The Bertz CT molecular complexity index is 1790. The Balaban J connectivity index is 1.37. The fraction of sp³-hybridized carbons (Fsp3) is 0.361. The molecule has 1 N–H and O–H groups in total. The van der Waals surface area contributed by atoms with Gasteiger partial charge in [-0.05, 0) is 103 Å². The topological polar surface area (TPSA) is 87.5 Å². The molecule has 0 saturated heterocycles. The number of hydrogen-bond donors (Lipinski definition) is 1. The number of hydrogen-bond acceptors (Lipinski definition) is 8. The van der Waals surface area contributed by atoms with Gasteiger partial charge in [-0.3, -0.25) is 0 Å². The highest BCUT2D eigenvalue weighted by Crippen LogP contribution is 2.44. The van der Waals surface area contributed by atoms with Gasteiger partial charge < -0.3 is 19.5 Å². The summed E-state index contributed by atoms with van der Waals surface area (Å²) < 4.78 is 21.1. The Morgan fingerprint density at radius 2 is 1.79 bits per heavy atom. The van der Waals surface area contributed by atoms with Crippen molar-refractivity contribution in [1.82, 2.24) is 14.8 Å². The molecule has 47 heavy (non-hydrogen) atoms. The van der Waals surface area contributed by atoms with Gasteiger partial charge in [0.1, 0.15) is 18.8 Å². The summed E-state index contributed by atoms with van der Waals surface area (Å²) in [4.78, 5) is 18.8. The van der Waals surface area contributed by atoms with Crippen LogP contribution in [0.3, 0.4) is 0 Å². The molecule has 2 aliphatic rings. The van der Waals surface area contributed by atoms with E-state index in [4.69, 9.17) is 35.9 Å². The van der Waals surface area contributed by atoms with Crippen molar-refractivity contribution in [2.24, 2.45) is 0 Å². The Morgan fingerprint density at radius 1 is 1.04 bits per heavy atom. The smallest absolute Gasteiger partial charge is 0.338 e. The van der Waals surface area contributed by atoms with Crippen LogP contribution in [0.15, 0.2) is 81.6 Å². The summed E-state index contributed by atoms with van der Waals surface area (Å²) in [5.74, 6) is 1.94. The van der Waals surface area contributed by atoms with E-state index in [-0.39, 0.29) is 12.1 Å². The second-order valence-electron chi connectivity index (χ2n) is 11.8. The number of anilines is 1. The fourth-order valence-electron chi connectivity index (χ4n) is 5.99. The van der Waals surface area contributed by atoms with E-state index in [2.05, 4.69) is 40.3 Å². The number of benzene rings is 3. The third-order valence-corrected chi connectivity index (χ3v) is 10.3. The molecule has 3 aromatic carbocycles. The number of aryl methyl sites for hydroxylation is 1. The van der Waals surface area contributed by atoms with Gasteiger partial charge in [-0.1, -0.05) is 72.2 Å². The molecular weight excluding hydrogens is 700 g/mol. The van der Waals surface area contributed by atoms with Gasteiger partial charge in [0.25, 0.3) is 0 Å². The predicted molar refractivity (Wildman–Crippen MR) is 189 cm³/mol. The predicted octanol–water partition coefficient (Wildman–Crippen LogP) is 9.44. The standard InChI is InChI=1S/C36H38BrClN4O4S/c1-4-44-30-19-26(18-28(37)33(30)45-20-24-13-9-8-12-22(24)2)32-31(34(43)46-27-15-6-5-7-16-27)23(3)39-35-40-36(41-42(32)35)47-21-25-14-10-11-17-29(25)38/h8-14,17-19,27,32H,4-7,15-16,20-21H2,1-3H3,(H,39,40,41). The van der Waals surface area contributed by atoms with Crippen molar-refractivity contribution in [3.63, 3.8) is 0 Å². The second kappa shape index (κ2) is 15.2. The van der Waals surface area contributed by atoms with Crippen LogP contribution in [-0.2, 0) is 21.9 Å². The number of rotatable bonds is 11. The zero-order chi connectivity index (χ0) is 32.9. The first kappa shape index (κ1) is 33.4. The number of aromatic nitrogens is 3. The van der Waals surface area contributed by atoms with Crippen molar-refractivity contribution < 1.29 is 19.0 Å². The van der Waals surface area contributed by atoms with Crippen molar-refractivity contribution in [2.75, 3.05) is 11.9 Å². The lowest BCUT2D eigenvalue weighted by Crippen LogP contribution is -2.32. The number of thioether (sulfide) groups is 1. The van der Waals surface area contributed by atoms with Gasteiger partial charge in [-0.15, -0.1) is 5.10 Å². The highest BCUT2D eigenvalue weighted by atomic mass is 79.9. The number of ether oxygens (including phenoxy) is 3. The molecule has 1 saturated carbocycles. The van der Waals surface area contributed by atoms with Crippen LogP contribution in [0, 0.1) is 6.92 Å². The Hall–Kier alpha value is -3.47. The zero-order valence-electron chi connectivity index (χ0n) is 26.7. The van der Waals surface area contributed by atoms with E-state index >= 15 is 0 Å². The van der Waals surface area contributed by atoms with Crippen LogP contribution in [0.4, 0.5) is 5.95 Å². The third-order valence-electron chi connectivity index (χ3n) is 8.47. The summed E-state index contributed by atoms with van der Waals surface area (Å²) >= 11 is 11.7. The molecule has 0 bridgehead atoms. The average molecular weight is 738 g/mol. The molecule has 2 heterocycles. The molecule has 1 atom stereocenters. The van der Waals surface area contributed by atoms with E-state index in [0.717, 1.165) is 47.9 Å². The second-order valence-corrected chi connectivity index (χ2v) is 14.0. The fourth-order valence-corrected chi connectivity index (χ4v) is 7.68. The highest BCUT2D eigenvalue weighted by Gasteiger charge is 2.37. The summed E-state index contributed by atoms with van der Waals surface area (Å²) in [5, 5.41) is 9.50. The molecule has 246 valence electrons. The van der Waals surface area contributed by atoms with Gasteiger partial charge in [-0.2, -0.15) is 4.98 Å². The van der Waals surface area contributed by atoms with Crippen LogP contribution < -0.4 is 14.8 Å². The van der Waals surface area contributed by atoms with E-state index < -0.39 is 6.04 Å². The molecule has 0 spiro atoms. The lowest BCUT2D eigenvalue weighted by Gasteiger charge is -2.30. The van der Waals surface area contributed by atoms with E-state index in [0.29, 0.717) is 62.3 Å². The van der Waals surface area contributed by atoms with Crippen molar-refractivity contribution in [3.8, 4) is 11.5 Å². The molecule has 1 aliphatic carbocycles. The average Bonchev–Trinajstić information content (AvgIpc) is 3.47. The first-order valence-electron chi connectivity index (χ1n) is 16.0. The molecule has 0 amide bonds. The van der Waals surface area contributed by atoms with Crippen molar-refractivity contribution in [3.05, 3.63) is 104 Å². The van der Waals surface area contributed by atoms with E-state index in [1.54, 1.807) is 4.68 Å². The van der Waals surface area contributed by atoms with Crippen LogP contribution in [-0.4, -0.2) is 33.4 Å². The first-order valence-corrected chi connectivity index (χ1v) is 18.1. The molecule has 1 fully saturated rings. The Labute approximate surface area is 293 Å². The van der Waals surface area contributed by atoms with Gasteiger partial charge in [0.15, 0.2) is 11.5 Å². The van der Waals surface area contributed by atoms with Crippen molar-refractivity contribution in [2.45, 2.75) is 82.5 Å². The van der Waals surface area contributed by atoms with E-state index in [9.17, 15) is 4.79 Å². The monoisotopic (exact) mass is 736 g/mol. The van der Waals surface area contributed by atoms with Crippen LogP contribution in [0.25, 0.3) is 0 Å². The molecule has 4 aromatic rings. The highest BCUT2D eigenvalue weighted by molar-refractivity contribution is 9.10. The van der Waals surface area contributed by atoms with Gasteiger partial charge in [0.05, 0.1) is 16.7 Å². The van der Waals surface area contributed by atoms with Gasteiger partial charge in [-0.25, -0.2) is 9.48 Å². The molecule has 8 nitrogen and oxygen atoms in total. The van der Waals surface area contributed by atoms with E-state index in [1.165, 1.54) is 18.2 Å².